The summed E-state index contributed by atoms with van der Waals surface area (Å²) in [5.41, 5.74) is 0.529. The van der Waals surface area contributed by atoms with Crippen molar-refractivity contribution in [3.63, 3.8) is 0 Å². The molecule has 0 bridgehead atoms. The maximum Gasteiger partial charge on any atom is 1.00 e. The normalized spacial score (nSPS) is 10.2. The number of para-hydroxylation sites is 1. The molecule has 1 aromatic rings. The van der Waals surface area contributed by atoms with E-state index in [2.05, 4.69) is 6.92 Å². The summed E-state index contributed by atoms with van der Waals surface area (Å²) in [5, 5.41) is 20.8. The molecule has 0 fully saturated rings. The molecule has 3 nitrogen and oxygen atoms in total. The van der Waals surface area contributed by atoms with Gasteiger partial charge in [0.2, 0.25) is 0 Å². The number of hydrogen-bond acceptors (Lipinski definition) is 2. The van der Waals surface area contributed by atoms with Crippen molar-refractivity contribution < 1.29 is 44.6 Å². The molecule has 118 valence electrons. The summed E-state index contributed by atoms with van der Waals surface area (Å²) in [4.78, 5) is 10.9. The molecule has 1 aromatic carbocycles. The van der Waals surface area contributed by atoms with E-state index in [9.17, 15) is 9.90 Å². The van der Waals surface area contributed by atoms with Crippen LogP contribution >= 0.6 is 0 Å². The van der Waals surface area contributed by atoms with E-state index in [1.165, 1.54) is 51.0 Å². The molecule has 1 rings (SSSR count). The van der Waals surface area contributed by atoms with Gasteiger partial charge in [0, 0.05) is 0 Å². The Bertz CT molecular complexity index is 432. The van der Waals surface area contributed by atoms with E-state index in [1.807, 2.05) is 0 Å². The monoisotopic (exact) mass is 314 g/mol. The van der Waals surface area contributed by atoms with Crippen molar-refractivity contribution in [2.24, 2.45) is 0 Å². The smallest absolute Gasteiger partial charge is 0.872 e. The van der Waals surface area contributed by atoms with Crippen LogP contribution < -0.4 is 34.7 Å². The average Bonchev–Trinajstić information content (AvgIpc) is 2.46. The molecule has 0 aromatic heterocycles. The fourth-order valence-electron chi connectivity index (χ4n) is 2.58. The van der Waals surface area contributed by atoms with Crippen molar-refractivity contribution in [1.82, 2.24) is 0 Å². The van der Waals surface area contributed by atoms with Gasteiger partial charge in [0.25, 0.3) is 0 Å². The third-order valence-corrected chi connectivity index (χ3v) is 3.88. The van der Waals surface area contributed by atoms with Crippen LogP contribution in [-0.2, 0) is 6.42 Å². The van der Waals surface area contributed by atoms with E-state index in [0.29, 0.717) is 12.0 Å². The number of rotatable bonds is 11. The van der Waals surface area contributed by atoms with Crippen molar-refractivity contribution in [2.45, 2.75) is 71.1 Å². The number of hydrogen-bond donors (Lipinski definition) is 1. The van der Waals surface area contributed by atoms with Crippen molar-refractivity contribution in [3.8, 4) is 5.75 Å². The molecule has 22 heavy (non-hydrogen) atoms. The van der Waals surface area contributed by atoms with Crippen molar-refractivity contribution >= 4 is 5.97 Å². The molecule has 1 N–H and O–H groups in total. The van der Waals surface area contributed by atoms with Gasteiger partial charge in [-0.2, -0.15) is 0 Å². The Morgan fingerprint density at radius 2 is 1.55 bits per heavy atom. The second kappa shape index (κ2) is 13.0. The van der Waals surface area contributed by atoms with Gasteiger partial charge in [-0.1, -0.05) is 81.7 Å². The first-order valence-corrected chi connectivity index (χ1v) is 8.19. The summed E-state index contributed by atoms with van der Waals surface area (Å²) in [6.45, 7) is 2.23. The van der Waals surface area contributed by atoms with Gasteiger partial charge in [-0.15, -0.1) is 0 Å². The zero-order valence-corrected chi connectivity index (χ0v) is 16.1. The van der Waals surface area contributed by atoms with Gasteiger partial charge in [0.15, 0.2) is 0 Å². The molecule has 0 heterocycles. The Morgan fingerprint density at radius 1 is 1.00 bits per heavy atom. The number of unbranched alkanes of at least 4 members (excludes halogenated alkanes) is 8. The van der Waals surface area contributed by atoms with Crippen molar-refractivity contribution in [1.29, 1.82) is 0 Å². The quantitative estimate of drug-likeness (QED) is 0.498. The summed E-state index contributed by atoms with van der Waals surface area (Å²) in [6, 6.07) is 4.79. The Balaban J connectivity index is 0.00000441. The van der Waals surface area contributed by atoms with E-state index in [-0.39, 0.29) is 40.9 Å². The van der Waals surface area contributed by atoms with Crippen LogP contribution in [0.25, 0.3) is 0 Å². The Labute approximate surface area is 156 Å². The number of benzene rings is 1. The molecule has 0 amide bonds. The molecular weight excluding hydrogens is 287 g/mol. The Kier molecular flexibility index (Phi) is 12.7. The molecular formula is C18H27NaO3. The molecule has 0 saturated heterocycles. The zero-order chi connectivity index (χ0) is 15.5. The van der Waals surface area contributed by atoms with E-state index < -0.39 is 5.97 Å². The summed E-state index contributed by atoms with van der Waals surface area (Å²) < 4.78 is 0. The Morgan fingerprint density at radius 3 is 2.09 bits per heavy atom. The largest absolute Gasteiger partial charge is 1.00 e. The minimum atomic E-state index is -1.13. The van der Waals surface area contributed by atoms with Gasteiger partial charge >= 0.3 is 35.5 Å². The fourth-order valence-corrected chi connectivity index (χ4v) is 2.58. The molecule has 4 heteroatoms. The molecule has 0 atom stereocenters. The van der Waals surface area contributed by atoms with Crippen LogP contribution in [-0.4, -0.2) is 11.1 Å². The number of carboxylic acids is 1. The molecule has 0 spiro atoms. The van der Waals surface area contributed by atoms with Crippen LogP contribution in [0.3, 0.4) is 0 Å². The van der Waals surface area contributed by atoms with E-state index >= 15 is 0 Å². The van der Waals surface area contributed by atoms with Crippen LogP contribution in [0.1, 0.15) is 80.6 Å². The molecule has 0 aliphatic heterocycles. The van der Waals surface area contributed by atoms with Crippen LogP contribution in [0.15, 0.2) is 18.2 Å². The van der Waals surface area contributed by atoms with Crippen LogP contribution in [0.2, 0.25) is 0 Å². The van der Waals surface area contributed by atoms with E-state index in [0.717, 1.165) is 12.8 Å². The molecule has 0 unspecified atom stereocenters. The predicted molar refractivity (Wildman–Crippen MR) is 83.8 cm³/mol. The number of carboxylic acid groups (broad SMARTS) is 1. The SMILES string of the molecule is CCCCCCCCCCCc1cccc(C(=O)O)c1[O-].[Na+]. The summed E-state index contributed by atoms with van der Waals surface area (Å²) in [5.74, 6) is -1.45. The van der Waals surface area contributed by atoms with Gasteiger partial charge in [0.1, 0.15) is 0 Å². The molecule has 0 radical (unpaired) electrons. The maximum absolute atomic E-state index is 11.9. The van der Waals surface area contributed by atoms with E-state index in [4.69, 9.17) is 5.11 Å². The first kappa shape index (κ1) is 21.5. The first-order valence-electron chi connectivity index (χ1n) is 8.19. The van der Waals surface area contributed by atoms with Crippen molar-refractivity contribution in [2.75, 3.05) is 0 Å². The van der Waals surface area contributed by atoms with Crippen LogP contribution in [0.4, 0.5) is 0 Å². The second-order valence-corrected chi connectivity index (χ2v) is 5.68. The van der Waals surface area contributed by atoms with Crippen LogP contribution in [0.5, 0.6) is 5.75 Å². The summed E-state index contributed by atoms with van der Waals surface area (Å²) in [7, 11) is 0. The van der Waals surface area contributed by atoms with Gasteiger partial charge < -0.3 is 10.2 Å². The summed E-state index contributed by atoms with van der Waals surface area (Å²) >= 11 is 0. The third-order valence-electron chi connectivity index (χ3n) is 3.88. The molecule has 0 aliphatic rings. The topological polar surface area (TPSA) is 60.4 Å². The fraction of sp³-hybridized carbons (Fsp3) is 0.611. The minimum absolute atomic E-state index is 0. The van der Waals surface area contributed by atoms with Gasteiger partial charge in [-0.05, 0) is 18.9 Å². The van der Waals surface area contributed by atoms with Crippen LogP contribution in [0, 0.1) is 0 Å². The second-order valence-electron chi connectivity index (χ2n) is 5.68. The minimum Gasteiger partial charge on any atom is -0.872 e. The van der Waals surface area contributed by atoms with E-state index in [1.54, 1.807) is 12.1 Å². The zero-order valence-electron chi connectivity index (χ0n) is 14.1. The number of aromatic carboxylic acids is 1. The third kappa shape index (κ3) is 8.21. The average molecular weight is 314 g/mol. The summed E-state index contributed by atoms with van der Waals surface area (Å²) in [6.07, 6.45) is 11.9. The number of aryl methyl sites for hydroxylation is 1. The standard InChI is InChI=1S/C18H28O3.Na/c1-2-3-4-5-6-7-8-9-10-12-15-13-11-14-16(17(15)19)18(20)21;/h11,13-14,19H,2-10,12H2,1H3,(H,20,21);/q;+1/p-1. The predicted octanol–water partition coefficient (Wildman–Crippen LogP) is 1.54. The molecule has 0 saturated carbocycles. The maximum atomic E-state index is 11.9. The molecule has 0 aliphatic carbocycles. The van der Waals surface area contributed by atoms with Gasteiger partial charge in [0.05, 0.1) is 5.56 Å². The van der Waals surface area contributed by atoms with Crippen molar-refractivity contribution in [3.05, 3.63) is 29.3 Å². The van der Waals surface area contributed by atoms with Gasteiger partial charge in [-0.3, -0.25) is 0 Å². The first-order chi connectivity index (χ1) is 10.2. The number of carbonyl (C=O) groups is 1. The van der Waals surface area contributed by atoms with Gasteiger partial charge in [-0.25, -0.2) is 4.79 Å². The Hall–Kier alpha value is -0.510.